The highest BCUT2D eigenvalue weighted by molar-refractivity contribution is 7.99. The molecule has 1 amide bonds. The van der Waals surface area contributed by atoms with Gasteiger partial charge in [-0.25, -0.2) is 0 Å². The zero-order chi connectivity index (χ0) is 19.1. The van der Waals surface area contributed by atoms with E-state index in [-0.39, 0.29) is 5.91 Å². The quantitative estimate of drug-likeness (QED) is 0.634. The summed E-state index contributed by atoms with van der Waals surface area (Å²) in [5, 5.41) is 10.8. The molecule has 27 heavy (non-hydrogen) atoms. The number of aromatic nitrogens is 3. The number of rotatable bonds is 3. The van der Waals surface area contributed by atoms with E-state index in [0.717, 1.165) is 41.3 Å². The van der Waals surface area contributed by atoms with Gasteiger partial charge in [0.25, 0.3) is 0 Å². The third kappa shape index (κ3) is 3.31. The number of carbonyl (C=O) groups is 1. The number of thioether (sulfide) groups is 1. The van der Waals surface area contributed by atoms with Gasteiger partial charge in [-0.05, 0) is 75.8 Å². The van der Waals surface area contributed by atoms with Crippen LogP contribution in [0.2, 0.25) is 0 Å². The van der Waals surface area contributed by atoms with Gasteiger partial charge in [-0.3, -0.25) is 9.20 Å². The number of carbonyl (C=O) groups excluding carboxylic acids is 1. The molecule has 0 saturated carbocycles. The van der Waals surface area contributed by atoms with Gasteiger partial charge in [-0.2, -0.15) is 0 Å². The van der Waals surface area contributed by atoms with Crippen LogP contribution >= 0.6 is 11.8 Å². The molecule has 1 fully saturated rings. The van der Waals surface area contributed by atoms with E-state index >= 15 is 0 Å². The predicted octanol–water partition coefficient (Wildman–Crippen LogP) is 4.30. The van der Waals surface area contributed by atoms with Gasteiger partial charge < -0.3 is 4.90 Å². The first-order valence-corrected chi connectivity index (χ1v) is 10.6. The van der Waals surface area contributed by atoms with Crippen LogP contribution in [0.5, 0.6) is 0 Å². The van der Waals surface area contributed by atoms with Gasteiger partial charge in [0.05, 0.1) is 11.3 Å². The lowest BCUT2D eigenvalue weighted by Crippen LogP contribution is -2.42. The molecule has 3 aromatic rings. The van der Waals surface area contributed by atoms with E-state index in [2.05, 4.69) is 60.5 Å². The average Bonchev–Trinajstić information content (AvgIpc) is 3.06. The number of nitrogens with zero attached hydrogens (tertiary/aromatic N) is 4. The van der Waals surface area contributed by atoms with Crippen molar-refractivity contribution in [2.24, 2.45) is 0 Å². The number of piperidine rings is 1. The fourth-order valence-electron chi connectivity index (χ4n) is 4.12. The number of aryl methyl sites for hydroxylation is 3. The molecular formula is C21H26N4OS. The Balaban J connectivity index is 1.69. The van der Waals surface area contributed by atoms with E-state index in [1.54, 1.807) is 0 Å². The largest absolute Gasteiger partial charge is 0.339 e. The summed E-state index contributed by atoms with van der Waals surface area (Å²) in [4.78, 5) is 14.8. The SMILES string of the molecule is Cc1cc(C)c2cc(C)c3nnc(SCC(=O)N4CCCCC4C)n3c2c1. The topological polar surface area (TPSA) is 50.5 Å². The molecule has 1 saturated heterocycles. The molecule has 1 aromatic carbocycles. The van der Waals surface area contributed by atoms with Gasteiger partial charge in [-0.15, -0.1) is 10.2 Å². The molecule has 4 rings (SSSR count). The third-order valence-electron chi connectivity index (χ3n) is 5.55. The zero-order valence-electron chi connectivity index (χ0n) is 16.5. The Morgan fingerprint density at radius 3 is 2.74 bits per heavy atom. The number of benzene rings is 1. The Kier molecular flexibility index (Phi) is 4.84. The molecule has 1 atom stereocenters. The monoisotopic (exact) mass is 382 g/mol. The highest BCUT2D eigenvalue weighted by Crippen LogP contribution is 2.29. The summed E-state index contributed by atoms with van der Waals surface area (Å²) >= 11 is 1.49. The predicted molar refractivity (Wildman–Crippen MR) is 110 cm³/mol. The summed E-state index contributed by atoms with van der Waals surface area (Å²) in [6.07, 6.45) is 3.43. The Hall–Kier alpha value is -2.08. The minimum atomic E-state index is 0.202. The summed E-state index contributed by atoms with van der Waals surface area (Å²) in [6, 6.07) is 6.90. The van der Waals surface area contributed by atoms with Gasteiger partial charge in [0.15, 0.2) is 10.8 Å². The van der Waals surface area contributed by atoms with Crippen molar-refractivity contribution in [3.63, 3.8) is 0 Å². The van der Waals surface area contributed by atoms with Crippen LogP contribution < -0.4 is 0 Å². The van der Waals surface area contributed by atoms with Gasteiger partial charge in [0.1, 0.15) is 0 Å². The van der Waals surface area contributed by atoms with Crippen LogP contribution in [-0.4, -0.2) is 43.7 Å². The summed E-state index contributed by atoms with van der Waals surface area (Å²) in [7, 11) is 0. The molecule has 2 aromatic heterocycles. The highest BCUT2D eigenvalue weighted by atomic mass is 32.2. The molecule has 0 bridgehead atoms. The second-order valence-electron chi connectivity index (χ2n) is 7.70. The van der Waals surface area contributed by atoms with E-state index < -0.39 is 0 Å². The van der Waals surface area contributed by atoms with Gasteiger partial charge in [-0.1, -0.05) is 17.8 Å². The Labute approximate surface area is 164 Å². The number of fused-ring (bicyclic) bond motifs is 3. The van der Waals surface area contributed by atoms with Crippen molar-refractivity contribution in [1.82, 2.24) is 19.5 Å². The molecular weight excluding hydrogens is 356 g/mol. The lowest BCUT2D eigenvalue weighted by molar-refractivity contribution is -0.131. The fourth-order valence-corrected chi connectivity index (χ4v) is 4.95. The van der Waals surface area contributed by atoms with Crippen LogP contribution in [0.25, 0.3) is 16.6 Å². The maximum absolute atomic E-state index is 12.7. The Bertz CT molecular complexity index is 1030. The maximum atomic E-state index is 12.7. The lowest BCUT2D eigenvalue weighted by Gasteiger charge is -2.33. The molecule has 3 heterocycles. The average molecular weight is 383 g/mol. The molecule has 0 spiro atoms. The molecule has 0 radical (unpaired) electrons. The normalized spacial score (nSPS) is 17.8. The third-order valence-corrected chi connectivity index (χ3v) is 6.46. The number of amides is 1. The van der Waals surface area contributed by atoms with Crippen molar-refractivity contribution >= 4 is 34.2 Å². The van der Waals surface area contributed by atoms with Crippen molar-refractivity contribution in [3.05, 3.63) is 34.9 Å². The first kappa shape index (κ1) is 18.3. The Morgan fingerprint density at radius 2 is 1.96 bits per heavy atom. The van der Waals surface area contributed by atoms with Gasteiger partial charge in [0.2, 0.25) is 5.91 Å². The summed E-state index contributed by atoms with van der Waals surface area (Å²) < 4.78 is 2.11. The number of pyridine rings is 1. The van der Waals surface area contributed by atoms with Crippen LogP contribution in [0.3, 0.4) is 0 Å². The minimum absolute atomic E-state index is 0.202. The van der Waals surface area contributed by atoms with E-state index in [4.69, 9.17) is 0 Å². The highest BCUT2D eigenvalue weighted by Gasteiger charge is 2.24. The number of hydrogen-bond donors (Lipinski definition) is 0. The van der Waals surface area contributed by atoms with Crippen molar-refractivity contribution < 1.29 is 4.79 Å². The van der Waals surface area contributed by atoms with Crippen molar-refractivity contribution in [3.8, 4) is 0 Å². The maximum Gasteiger partial charge on any atom is 0.233 e. The fraction of sp³-hybridized carbons (Fsp3) is 0.476. The smallest absolute Gasteiger partial charge is 0.233 e. The molecule has 5 nitrogen and oxygen atoms in total. The Morgan fingerprint density at radius 1 is 1.15 bits per heavy atom. The zero-order valence-corrected chi connectivity index (χ0v) is 17.3. The first-order chi connectivity index (χ1) is 13.0. The van der Waals surface area contributed by atoms with E-state index in [9.17, 15) is 4.79 Å². The molecule has 0 aliphatic carbocycles. The van der Waals surface area contributed by atoms with Gasteiger partial charge in [0, 0.05) is 18.0 Å². The minimum Gasteiger partial charge on any atom is -0.339 e. The van der Waals surface area contributed by atoms with Crippen LogP contribution in [0, 0.1) is 20.8 Å². The van der Waals surface area contributed by atoms with Crippen LogP contribution in [0.4, 0.5) is 0 Å². The van der Waals surface area contributed by atoms with Crippen LogP contribution in [0.1, 0.15) is 42.9 Å². The summed E-state index contributed by atoms with van der Waals surface area (Å²) in [5.41, 5.74) is 5.55. The second-order valence-corrected chi connectivity index (χ2v) is 8.65. The van der Waals surface area contributed by atoms with Crippen LogP contribution in [-0.2, 0) is 4.79 Å². The summed E-state index contributed by atoms with van der Waals surface area (Å²) in [6.45, 7) is 9.34. The molecule has 1 aliphatic heterocycles. The molecule has 6 heteroatoms. The molecule has 1 aliphatic rings. The van der Waals surface area contributed by atoms with Crippen molar-refractivity contribution in [2.45, 2.75) is 58.2 Å². The molecule has 1 unspecified atom stereocenters. The first-order valence-electron chi connectivity index (χ1n) is 9.63. The summed E-state index contributed by atoms with van der Waals surface area (Å²) in [5.74, 6) is 0.610. The number of hydrogen-bond acceptors (Lipinski definition) is 4. The van der Waals surface area contributed by atoms with E-state index in [0.29, 0.717) is 11.8 Å². The van der Waals surface area contributed by atoms with Crippen molar-refractivity contribution in [2.75, 3.05) is 12.3 Å². The van der Waals surface area contributed by atoms with Crippen molar-refractivity contribution in [1.29, 1.82) is 0 Å². The van der Waals surface area contributed by atoms with E-state index in [1.807, 2.05) is 4.90 Å². The standard InChI is InChI=1S/C21H26N4OS/c1-13-9-14(2)17-11-15(3)20-22-23-21(25(20)18(17)10-13)27-12-19(26)24-8-6-5-7-16(24)4/h9-11,16H,5-8,12H2,1-4H3. The van der Waals surface area contributed by atoms with Crippen LogP contribution in [0.15, 0.2) is 23.4 Å². The van der Waals surface area contributed by atoms with E-state index in [1.165, 1.54) is 34.7 Å². The number of likely N-dealkylation sites (tertiary alicyclic amines) is 1. The molecule has 142 valence electrons. The molecule has 0 N–H and O–H groups in total. The van der Waals surface area contributed by atoms with Gasteiger partial charge >= 0.3 is 0 Å². The lowest BCUT2D eigenvalue weighted by atomic mass is 10.0. The second kappa shape index (κ2) is 7.15.